The lowest BCUT2D eigenvalue weighted by Gasteiger charge is -1.99. The third-order valence-electron chi connectivity index (χ3n) is 1.48. The second-order valence-electron chi connectivity index (χ2n) is 2.47. The number of allylic oxidation sites excluding steroid dienone is 1. The molecule has 1 rings (SSSR count). The third kappa shape index (κ3) is 2.29. The van der Waals surface area contributed by atoms with E-state index in [1.807, 2.05) is 19.1 Å². The first-order valence-corrected chi connectivity index (χ1v) is 4.11. The summed E-state index contributed by atoms with van der Waals surface area (Å²) >= 11 is 5.66. The fraction of sp³-hybridized carbons (Fsp3) is 0.111. The second-order valence-corrected chi connectivity index (χ2v) is 2.83. The Morgan fingerprint density at radius 2 is 2.38 bits per heavy atom. The van der Waals surface area contributed by atoms with Crippen molar-refractivity contribution in [1.29, 1.82) is 0 Å². The lowest BCUT2D eigenvalue weighted by Crippen LogP contribution is -2.12. The molecule has 0 spiro atoms. The van der Waals surface area contributed by atoms with E-state index in [1.54, 1.807) is 12.3 Å². The fourth-order valence-corrected chi connectivity index (χ4v) is 1.12. The largest absolute Gasteiger partial charge is 0.366 e. The zero-order chi connectivity index (χ0) is 9.84. The summed E-state index contributed by atoms with van der Waals surface area (Å²) < 4.78 is 0. The molecule has 13 heavy (non-hydrogen) atoms. The molecule has 1 heterocycles. The Labute approximate surface area is 81.2 Å². The predicted octanol–water partition coefficient (Wildman–Crippen LogP) is 1.87. The minimum absolute atomic E-state index is 0.140. The number of nitrogens with zero attached hydrogens (tertiary/aromatic N) is 1. The van der Waals surface area contributed by atoms with Gasteiger partial charge in [0, 0.05) is 6.20 Å². The van der Waals surface area contributed by atoms with Gasteiger partial charge in [-0.15, -0.1) is 0 Å². The fourth-order valence-electron chi connectivity index (χ4n) is 0.921. The van der Waals surface area contributed by atoms with Gasteiger partial charge in [0.15, 0.2) is 0 Å². The van der Waals surface area contributed by atoms with E-state index in [-0.39, 0.29) is 10.7 Å². The molecule has 0 saturated carbocycles. The number of hydrogen-bond donors (Lipinski definition) is 1. The number of nitrogens with two attached hydrogens (primary N) is 1. The summed E-state index contributed by atoms with van der Waals surface area (Å²) in [6.07, 6.45) is 5.24. The van der Waals surface area contributed by atoms with Gasteiger partial charge in [-0.3, -0.25) is 4.79 Å². The van der Waals surface area contributed by atoms with Crippen LogP contribution in [-0.4, -0.2) is 10.9 Å². The van der Waals surface area contributed by atoms with Crippen molar-refractivity contribution in [1.82, 2.24) is 4.98 Å². The first-order chi connectivity index (χ1) is 6.15. The monoisotopic (exact) mass is 196 g/mol. The van der Waals surface area contributed by atoms with Crippen molar-refractivity contribution in [3.05, 3.63) is 34.6 Å². The highest BCUT2D eigenvalue weighted by Gasteiger charge is 2.07. The van der Waals surface area contributed by atoms with Crippen molar-refractivity contribution in [3.8, 4) is 0 Å². The maximum Gasteiger partial charge on any atom is 0.251 e. The van der Waals surface area contributed by atoms with Crippen LogP contribution in [0.4, 0.5) is 0 Å². The van der Waals surface area contributed by atoms with E-state index < -0.39 is 5.91 Å². The van der Waals surface area contributed by atoms with Crippen molar-refractivity contribution in [2.24, 2.45) is 5.73 Å². The number of primary amides is 1. The molecular weight excluding hydrogens is 188 g/mol. The summed E-state index contributed by atoms with van der Waals surface area (Å²) in [7, 11) is 0. The summed E-state index contributed by atoms with van der Waals surface area (Å²) in [5, 5.41) is 0.140. The van der Waals surface area contributed by atoms with Crippen LogP contribution in [0.3, 0.4) is 0 Å². The molecule has 2 N–H and O–H groups in total. The van der Waals surface area contributed by atoms with E-state index in [9.17, 15) is 4.79 Å². The summed E-state index contributed by atoms with van der Waals surface area (Å²) in [6.45, 7) is 1.87. The van der Waals surface area contributed by atoms with Crippen LogP contribution in [0.1, 0.15) is 22.8 Å². The summed E-state index contributed by atoms with van der Waals surface area (Å²) in [5.41, 5.74) is 6.15. The Bertz CT molecular complexity index is 361. The first kappa shape index (κ1) is 9.74. The van der Waals surface area contributed by atoms with Crippen molar-refractivity contribution in [2.45, 2.75) is 6.92 Å². The molecule has 4 heteroatoms. The Balaban J connectivity index is 3.18. The first-order valence-electron chi connectivity index (χ1n) is 3.73. The molecule has 3 nitrogen and oxygen atoms in total. The van der Waals surface area contributed by atoms with Gasteiger partial charge < -0.3 is 5.73 Å². The van der Waals surface area contributed by atoms with Crippen LogP contribution in [0.5, 0.6) is 0 Å². The van der Waals surface area contributed by atoms with Gasteiger partial charge in [0.1, 0.15) is 5.15 Å². The van der Waals surface area contributed by atoms with E-state index >= 15 is 0 Å². The highest BCUT2D eigenvalue weighted by Crippen LogP contribution is 2.14. The smallest absolute Gasteiger partial charge is 0.251 e. The zero-order valence-corrected chi connectivity index (χ0v) is 7.88. The molecule has 1 aromatic heterocycles. The van der Waals surface area contributed by atoms with Gasteiger partial charge in [-0.05, 0) is 18.6 Å². The highest BCUT2D eigenvalue weighted by molar-refractivity contribution is 6.32. The van der Waals surface area contributed by atoms with E-state index in [4.69, 9.17) is 17.3 Å². The maximum absolute atomic E-state index is 10.9. The number of carbonyl (C=O) groups is 1. The van der Waals surface area contributed by atoms with Crippen LogP contribution >= 0.6 is 11.6 Å². The van der Waals surface area contributed by atoms with Gasteiger partial charge in [-0.25, -0.2) is 4.98 Å². The molecule has 1 aromatic rings. The minimum Gasteiger partial charge on any atom is -0.366 e. The normalized spacial score (nSPS) is 10.6. The lowest BCUT2D eigenvalue weighted by molar-refractivity contribution is 0.1000. The molecule has 0 saturated heterocycles. The van der Waals surface area contributed by atoms with Crippen molar-refractivity contribution >= 4 is 23.6 Å². The average Bonchev–Trinajstić information content (AvgIpc) is 2.08. The minimum atomic E-state index is -0.566. The Morgan fingerprint density at radius 1 is 1.69 bits per heavy atom. The number of amides is 1. The van der Waals surface area contributed by atoms with Crippen molar-refractivity contribution in [3.63, 3.8) is 0 Å². The molecule has 0 aliphatic carbocycles. The van der Waals surface area contributed by atoms with Crippen molar-refractivity contribution < 1.29 is 4.79 Å². The van der Waals surface area contributed by atoms with Gasteiger partial charge >= 0.3 is 0 Å². The Morgan fingerprint density at radius 3 is 2.92 bits per heavy atom. The van der Waals surface area contributed by atoms with Gasteiger partial charge in [0.25, 0.3) is 5.91 Å². The number of pyridine rings is 1. The number of hydrogen-bond acceptors (Lipinski definition) is 2. The third-order valence-corrected chi connectivity index (χ3v) is 1.79. The van der Waals surface area contributed by atoms with Crippen LogP contribution < -0.4 is 5.73 Å². The van der Waals surface area contributed by atoms with E-state index in [0.29, 0.717) is 0 Å². The molecule has 0 unspecified atom stereocenters. The Hall–Kier alpha value is -1.35. The highest BCUT2D eigenvalue weighted by atomic mass is 35.5. The standard InChI is InChI=1S/C9H9ClN2O/c1-2-3-6-4-7(9(11)13)8(10)12-5-6/h2-5H,1H3,(H2,11,13). The van der Waals surface area contributed by atoms with Gasteiger partial charge in [0.05, 0.1) is 5.56 Å². The number of halogens is 1. The molecule has 0 aliphatic heterocycles. The summed E-state index contributed by atoms with van der Waals surface area (Å²) in [6, 6.07) is 1.61. The van der Waals surface area contributed by atoms with E-state index in [1.165, 1.54) is 0 Å². The number of rotatable bonds is 2. The molecule has 0 fully saturated rings. The van der Waals surface area contributed by atoms with E-state index in [2.05, 4.69) is 4.98 Å². The van der Waals surface area contributed by atoms with Crippen LogP contribution in [0.2, 0.25) is 5.15 Å². The topological polar surface area (TPSA) is 56.0 Å². The Kier molecular flexibility index (Phi) is 3.03. The second kappa shape index (κ2) is 4.05. The molecule has 0 aliphatic rings. The van der Waals surface area contributed by atoms with Crippen LogP contribution in [0, 0.1) is 0 Å². The van der Waals surface area contributed by atoms with Crippen LogP contribution in [0.15, 0.2) is 18.3 Å². The summed E-state index contributed by atoms with van der Waals surface area (Å²) in [5.74, 6) is -0.566. The average molecular weight is 197 g/mol. The lowest BCUT2D eigenvalue weighted by atomic mass is 10.2. The van der Waals surface area contributed by atoms with E-state index in [0.717, 1.165) is 5.56 Å². The molecule has 0 atom stereocenters. The van der Waals surface area contributed by atoms with Gasteiger partial charge in [-0.1, -0.05) is 23.8 Å². The predicted molar refractivity (Wildman–Crippen MR) is 52.5 cm³/mol. The molecule has 0 bridgehead atoms. The quantitative estimate of drug-likeness (QED) is 0.735. The maximum atomic E-state index is 10.9. The number of carbonyl (C=O) groups excluding carboxylic acids is 1. The van der Waals surface area contributed by atoms with Gasteiger partial charge in [0.2, 0.25) is 0 Å². The molecule has 0 aromatic carbocycles. The molecule has 1 amide bonds. The SMILES string of the molecule is CC=Cc1cnc(Cl)c(C(N)=O)c1. The van der Waals surface area contributed by atoms with Crippen LogP contribution in [0.25, 0.3) is 6.08 Å². The summed E-state index contributed by atoms with van der Waals surface area (Å²) in [4.78, 5) is 14.7. The molecule has 0 radical (unpaired) electrons. The molecular formula is C9H9ClN2O. The number of aromatic nitrogens is 1. The zero-order valence-electron chi connectivity index (χ0n) is 7.12. The van der Waals surface area contributed by atoms with Gasteiger partial charge in [-0.2, -0.15) is 0 Å². The molecule has 68 valence electrons. The van der Waals surface area contributed by atoms with Crippen LogP contribution in [-0.2, 0) is 0 Å². The van der Waals surface area contributed by atoms with Crippen molar-refractivity contribution in [2.75, 3.05) is 0 Å².